The van der Waals surface area contributed by atoms with Gasteiger partial charge in [0.2, 0.25) is 0 Å². The van der Waals surface area contributed by atoms with Gasteiger partial charge in [-0.2, -0.15) is 5.26 Å². The molecule has 0 atom stereocenters. The monoisotopic (exact) mass is 346 g/mol. The molecule has 8 heteroatoms. The minimum absolute atomic E-state index is 0.117. The van der Waals surface area contributed by atoms with E-state index in [1.54, 1.807) is 6.92 Å². The molecule has 0 aliphatic carbocycles. The fourth-order valence-corrected chi connectivity index (χ4v) is 3.34. The number of carbonyl (C=O) groups is 2. The van der Waals surface area contributed by atoms with Gasteiger partial charge in [-0.1, -0.05) is 11.8 Å². The zero-order valence-electron chi connectivity index (χ0n) is 13.7. The van der Waals surface area contributed by atoms with Crippen molar-refractivity contribution in [3.63, 3.8) is 0 Å². The summed E-state index contributed by atoms with van der Waals surface area (Å²) in [5.74, 6) is -0.152. The SMILES string of the molecule is CCOC(=O)C1=C(CSc2nc(C)cc(C)c2C#N)NC(=O)NC1. The predicted octanol–water partition coefficient (Wildman–Crippen LogP) is 1.79. The third-order valence-corrected chi connectivity index (χ3v) is 4.35. The molecule has 0 aromatic carbocycles. The van der Waals surface area contributed by atoms with E-state index in [9.17, 15) is 14.9 Å². The Morgan fingerprint density at radius 3 is 2.92 bits per heavy atom. The highest BCUT2D eigenvalue weighted by molar-refractivity contribution is 7.99. The third-order valence-electron chi connectivity index (χ3n) is 3.35. The number of pyridine rings is 1. The Bertz CT molecular complexity index is 752. The summed E-state index contributed by atoms with van der Waals surface area (Å²) in [7, 11) is 0. The van der Waals surface area contributed by atoms with Gasteiger partial charge in [-0.05, 0) is 32.4 Å². The van der Waals surface area contributed by atoms with Crippen molar-refractivity contribution >= 4 is 23.8 Å². The van der Waals surface area contributed by atoms with E-state index in [2.05, 4.69) is 21.7 Å². The zero-order valence-corrected chi connectivity index (χ0v) is 14.5. The van der Waals surface area contributed by atoms with Crippen LogP contribution in [0.1, 0.15) is 23.7 Å². The van der Waals surface area contributed by atoms with Gasteiger partial charge in [0.05, 0.1) is 24.3 Å². The van der Waals surface area contributed by atoms with Crippen LogP contribution < -0.4 is 10.6 Å². The summed E-state index contributed by atoms with van der Waals surface area (Å²) in [5, 5.41) is 15.1. The molecule has 126 valence electrons. The minimum Gasteiger partial charge on any atom is -0.463 e. The molecule has 0 saturated heterocycles. The molecular weight excluding hydrogens is 328 g/mol. The first-order chi connectivity index (χ1) is 11.5. The number of amides is 2. The summed E-state index contributed by atoms with van der Waals surface area (Å²) < 4.78 is 5.02. The average molecular weight is 346 g/mol. The van der Waals surface area contributed by atoms with Gasteiger partial charge in [0.15, 0.2) is 0 Å². The van der Waals surface area contributed by atoms with Crippen molar-refractivity contribution < 1.29 is 14.3 Å². The number of urea groups is 1. The van der Waals surface area contributed by atoms with E-state index >= 15 is 0 Å². The number of esters is 1. The quantitative estimate of drug-likeness (QED) is 0.622. The van der Waals surface area contributed by atoms with Gasteiger partial charge in [0.1, 0.15) is 11.1 Å². The number of hydrogen-bond acceptors (Lipinski definition) is 6. The second-order valence-corrected chi connectivity index (χ2v) is 6.11. The Hall–Kier alpha value is -2.53. The molecule has 1 aromatic heterocycles. The van der Waals surface area contributed by atoms with Crippen molar-refractivity contribution in [1.29, 1.82) is 5.26 Å². The lowest BCUT2D eigenvalue weighted by Crippen LogP contribution is -2.44. The van der Waals surface area contributed by atoms with E-state index in [1.165, 1.54) is 11.8 Å². The fraction of sp³-hybridized carbons (Fsp3) is 0.375. The average Bonchev–Trinajstić information content (AvgIpc) is 2.52. The number of hydrogen-bond donors (Lipinski definition) is 2. The highest BCUT2D eigenvalue weighted by Crippen LogP contribution is 2.26. The molecular formula is C16H18N4O3S. The van der Waals surface area contributed by atoms with Gasteiger partial charge in [-0.25, -0.2) is 14.6 Å². The van der Waals surface area contributed by atoms with E-state index in [0.29, 0.717) is 27.6 Å². The molecule has 2 rings (SSSR count). The molecule has 7 nitrogen and oxygen atoms in total. The maximum Gasteiger partial charge on any atom is 0.337 e. The van der Waals surface area contributed by atoms with Crippen molar-refractivity contribution in [2.75, 3.05) is 18.9 Å². The fourth-order valence-electron chi connectivity index (χ4n) is 2.25. The Morgan fingerprint density at radius 2 is 2.25 bits per heavy atom. The number of ether oxygens (including phenoxy) is 1. The third kappa shape index (κ3) is 4.06. The molecule has 2 amide bonds. The largest absolute Gasteiger partial charge is 0.463 e. The number of thioether (sulfide) groups is 1. The van der Waals surface area contributed by atoms with Crippen LogP contribution in [-0.4, -0.2) is 35.9 Å². The van der Waals surface area contributed by atoms with Gasteiger partial charge in [0.25, 0.3) is 0 Å². The van der Waals surface area contributed by atoms with Crippen LogP contribution in [0.4, 0.5) is 4.79 Å². The predicted molar refractivity (Wildman–Crippen MR) is 89.3 cm³/mol. The Morgan fingerprint density at radius 1 is 1.50 bits per heavy atom. The number of nitrogens with zero attached hydrogens (tertiary/aromatic N) is 2. The van der Waals surface area contributed by atoms with Gasteiger partial charge < -0.3 is 15.4 Å². The summed E-state index contributed by atoms with van der Waals surface area (Å²) in [5.41, 5.74) is 3.02. The summed E-state index contributed by atoms with van der Waals surface area (Å²) in [6.07, 6.45) is 0. The maximum atomic E-state index is 12.0. The minimum atomic E-state index is -0.463. The van der Waals surface area contributed by atoms with Crippen molar-refractivity contribution in [2.24, 2.45) is 0 Å². The molecule has 2 heterocycles. The van der Waals surface area contributed by atoms with Crippen LogP contribution in [0.15, 0.2) is 22.4 Å². The summed E-state index contributed by atoms with van der Waals surface area (Å²) in [6, 6.07) is 3.63. The van der Waals surface area contributed by atoms with E-state index in [1.807, 2.05) is 19.9 Å². The summed E-state index contributed by atoms with van der Waals surface area (Å²) >= 11 is 1.31. The van der Waals surface area contributed by atoms with Crippen LogP contribution in [0.2, 0.25) is 0 Å². The van der Waals surface area contributed by atoms with E-state index in [-0.39, 0.29) is 19.2 Å². The second-order valence-electron chi connectivity index (χ2n) is 5.15. The molecule has 0 unspecified atom stereocenters. The number of carbonyl (C=O) groups excluding carboxylic acids is 2. The topological polar surface area (TPSA) is 104 Å². The van der Waals surface area contributed by atoms with Gasteiger partial charge >= 0.3 is 12.0 Å². The second kappa shape index (κ2) is 7.84. The lowest BCUT2D eigenvalue weighted by atomic mass is 10.1. The Balaban J connectivity index is 2.27. The first-order valence-electron chi connectivity index (χ1n) is 7.41. The molecule has 1 aliphatic rings. The van der Waals surface area contributed by atoms with Crippen LogP contribution in [0.5, 0.6) is 0 Å². The molecule has 0 fully saturated rings. The number of rotatable bonds is 5. The van der Waals surface area contributed by atoms with Crippen LogP contribution in [0, 0.1) is 25.2 Å². The molecule has 0 radical (unpaired) electrons. The molecule has 0 spiro atoms. The maximum absolute atomic E-state index is 12.0. The summed E-state index contributed by atoms with van der Waals surface area (Å²) in [6.45, 7) is 5.81. The molecule has 0 bridgehead atoms. The zero-order chi connectivity index (χ0) is 17.7. The van der Waals surface area contributed by atoms with Gasteiger partial charge in [-0.15, -0.1) is 0 Å². The van der Waals surface area contributed by atoms with E-state index in [4.69, 9.17) is 4.74 Å². The Kier molecular flexibility index (Phi) is 5.82. The molecule has 0 saturated carbocycles. The number of nitrogens with one attached hydrogen (secondary N) is 2. The number of aromatic nitrogens is 1. The van der Waals surface area contributed by atoms with Crippen molar-refractivity contribution in [2.45, 2.75) is 25.8 Å². The first-order valence-corrected chi connectivity index (χ1v) is 8.40. The number of nitriles is 1. The molecule has 2 N–H and O–H groups in total. The lowest BCUT2D eigenvalue weighted by Gasteiger charge is -2.21. The van der Waals surface area contributed by atoms with Crippen LogP contribution in [0.3, 0.4) is 0 Å². The highest BCUT2D eigenvalue weighted by atomic mass is 32.2. The Labute approximate surface area is 144 Å². The van der Waals surface area contributed by atoms with E-state index in [0.717, 1.165) is 11.3 Å². The summed E-state index contributed by atoms with van der Waals surface area (Å²) in [4.78, 5) is 28.0. The van der Waals surface area contributed by atoms with Crippen molar-refractivity contribution in [3.05, 3.63) is 34.2 Å². The van der Waals surface area contributed by atoms with Gasteiger partial charge in [0, 0.05) is 17.1 Å². The van der Waals surface area contributed by atoms with Crippen LogP contribution in [0.25, 0.3) is 0 Å². The van der Waals surface area contributed by atoms with Gasteiger partial charge in [-0.3, -0.25) is 0 Å². The normalized spacial score (nSPS) is 13.8. The number of aryl methyl sites for hydroxylation is 2. The first kappa shape index (κ1) is 17.8. The smallest absolute Gasteiger partial charge is 0.337 e. The standard InChI is InChI=1S/C16H18N4O3S/c1-4-23-15(21)12-7-18-16(22)20-13(12)8-24-14-11(6-17)9(2)5-10(3)19-14/h5H,4,7-8H2,1-3H3,(H2,18,20,22). The molecule has 1 aliphatic heterocycles. The van der Waals surface area contributed by atoms with Crippen molar-refractivity contribution in [1.82, 2.24) is 15.6 Å². The molecule has 1 aromatic rings. The van der Waals surface area contributed by atoms with Crippen molar-refractivity contribution in [3.8, 4) is 6.07 Å². The molecule has 24 heavy (non-hydrogen) atoms. The lowest BCUT2D eigenvalue weighted by molar-refractivity contribution is -0.138. The van der Waals surface area contributed by atoms with Crippen LogP contribution >= 0.6 is 11.8 Å². The van der Waals surface area contributed by atoms with E-state index < -0.39 is 5.97 Å². The van der Waals surface area contributed by atoms with Crippen LogP contribution in [-0.2, 0) is 9.53 Å². The highest BCUT2D eigenvalue weighted by Gasteiger charge is 2.24.